The van der Waals surface area contributed by atoms with Gasteiger partial charge in [0.25, 0.3) is 5.91 Å². The van der Waals surface area contributed by atoms with Crippen molar-refractivity contribution in [1.29, 1.82) is 5.26 Å². The number of amides is 2. The summed E-state index contributed by atoms with van der Waals surface area (Å²) in [6.45, 7) is 2.39. The lowest BCUT2D eigenvalue weighted by molar-refractivity contribution is -0.131. The average molecular weight is 342 g/mol. The molecule has 1 aliphatic rings. The van der Waals surface area contributed by atoms with Crippen molar-refractivity contribution in [3.8, 4) is 6.07 Å². The number of carbonyl (C=O) groups excluding carboxylic acids is 2. The number of benzene rings is 1. The van der Waals surface area contributed by atoms with Crippen LogP contribution in [0.5, 0.6) is 0 Å². The number of carbonyl (C=O) groups is 2. The van der Waals surface area contributed by atoms with Crippen LogP contribution in [0.2, 0.25) is 0 Å². The van der Waals surface area contributed by atoms with E-state index in [4.69, 9.17) is 5.26 Å². The highest BCUT2D eigenvalue weighted by molar-refractivity contribution is 5.99. The van der Waals surface area contributed by atoms with Crippen LogP contribution in [0.3, 0.4) is 0 Å². The number of hydrogen-bond acceptors (Lipinski definition) is 3. The SMILES string of the molecule is CC1CC(C#N)N(C(=O)CN(C)C(=O)c2cc3c(F)cccc3[nH]2)C1. The van der Waals surface area contributed by atoms with Gasteiger partial charge < -0.3 is 14.8 Å². The standard InChI is InChI=1S/C18H19FN4O2/c1-11-6-12(8-20)23(9-11)17(24)10-22(2)18(25)16-7-13-14(19)4-3-5-15(13)21-16/h3-5,7,11-12,21H,6,9-10H2,1-2H3. The van der Waals surface area contributed by atoms with Crippen LogP contribution in [0.25, 0.3) is 10.9 Å². The van der Waals surface area contributed by atoms with Gasteiger partial charge in [0.2, 0.25) is 5.91 Å². The normalized spacial score (nSPS) is 19.8. The van der Waals surface area contributed by atoms with Gasteiger partial charge in [-0.15, -0.1) is 0 Å². The van der Waals surface area contributed by atoms with Crippen molar-refractivity contribution in [1.82, 2.24) is 14.8 Å². The minimum Gasteiger partial charge on any atom is -0.350 e. The number of nitrogens with one attached hydrogen (secondary N) is 1. The van der Waals surface area contributed by atoms with E-state index in [1.165, 1.54) is 29.0 Å². The zero-order valence-electron chi connectivity index (χ0n) is 14.1. The van der Waals surface area contributed by atoms with E-state index in [9.17, 15) is 14.0 Å². The van der Waals surface area contributed by atoms with Crippen LogP contribution in [0, 0.1) is 23.1 Å². The second-order valence-corrected chi connectivity index (χ2v) is 6.58. The number of likely N-dealkylation sites (tertiary alicyclic amines) is 1. The monoisotopic (exact) mass is 342 g/mol. The molecule has 1 saturated heterocycles. The summed E-state index contributed by atoms with van der Waals surface area (Å²) in [6, 6.07) is 7.72. The predicted molar refractivity (Wildman–Crippen MR) is 90.1 cm³/mol. The van der Waals surface area contributed by atoms with Gasteiger partial charge in [0.05, 0.1) is 12.6 Å². The minimum absolute atomic E-state index is 0.123. The van der Waals surface area contributed by atoms with Crippen molar-refractivity contribution in [3.05, 3.63) is 35.8 Å². The zero-order chi connectivity index (χ0) is 18.1. The van der Waals surface area contributed by atoms with Gasteiger partial charge in [-0.25, -0.2) is 4.39 Å². The quantitative estimate of drug-likeness (QED) is 0.928. The molecule has 1 aromatic heterocycles. The maximum absolute atomic E-state index is 13.8. The number of fused-ring (bicyclic) bond motifs is 1. The smallest absolute Gasteiger partial charge is 0.270 e. The van der Waals surface area contributed by atoms with Crippen LogP contribution in [0.1, 0.15) is 23.8 Å². The van der Waals surface area contributed by atoms with Crippen LogP contribution in [0.4, 0.5) is 4.39 Å². The molecule has 3 rings (SSSR count). The lowest BCUT2D eigenvalue weighted by Crippen LogP contribution is -2.43. The summed E-state index contributed by atoms with van der Waals surface area (Å²) >= 11 is 0. The van der Waals surface area contributed by atoms with E-state index in [2.05, 4.69) is 11.1 Å². The van der Waals surface area contributed by atoms with Gasteiger partial charge in [-0.3, -0.25) is 9.59 Å². The molecule has 2 amide bonds. The molecule has 0 spiro atoms. The lowest BCUT2D eigenvalue weighted by Gasteiger charge is -2.23. The molecule has 2 atom stereocenters. The molecular weight excluding hydrogens is 323 g/mol. The van der Waals surface area contributed by atoms with Crippen molar-refractivity contribution >= 4 is 22.7 Å². The Bertz CT molecular complexity index is 870. The second kappa shape index (κ2) is 6.55. The lowest BCUT2D eigenvalue weighted by atomic mass is 10.1. The molecule has 1 aromatic carbocycles. The Balaban J connectivity index is 1.73. The number of rotatable bonds is 3. The first-order valence-electron chi connectivity index (χ1n) is 8.12. The van der Waals surface area contributed by atoms with Crippen molar-refractivity contribution in [3.63, 3.8) is 0 Å². The summed E-state index contributed by atoms with van der Waals surface area (Å²) in [5.74, 6) is -0.792. The summed E-state index contributed by atoms with van der Waals surface area (Å²) in [5, 5.41) is 9.50. The zero-order valence-corrected chi connectivity index (χ0v) is 14.1. The van der Waals surface area contributed by atoms with Gasteiger partial charge in [-0.05, 0) is 30.5 Å². The van der Waals surface area contributed by atoms with E-state index in [-0.39, 0.29) is 24.1 Å². The molecule has 6 nitrogen and oxygen atoms in total. The van der Waals surface area contributed by atoms with Crippen molar-refractivity contribution in [2.75, 3.05) is 20.1 Å². The van der Waals surface area contributed by atoms with E-state index in [1.807, 2.05) is 6.92 Å². The number of aromatic amines is 1. The van der Waals surface area contributed by atoms with Gasteiger partial charge in [0, 0.05) is 24.5 Å². The Morgan fingerprint density at radius 2 is 2.24 bits per heavy atom. The highest BCUT2D eigenvalue weighted by Crippen LogP contribution is 2.23. The largest absolute Gasteiger partial charge is 0.350 e. The number of likely N-dealkylation sites (N-methyl/N-ethyl adjacent to an activating group) is 1. The highest BCUT2D eigenvalue weighted by atomic mass is 19.1. The number of aromatic nitrogens is 1. The minimum atomic E-state index is -0.437. The van der Waals surface area contributed by atoms with Gasteiger partial charge in [0.15, 0.2) is 0 Å². The first-order valence-corrected chi connectivity index (χ1v) is 8.12. The van der Waals surface area contributed by atoms with E-state index in [0.717, 1.165) is 0 Å². The Morgan fingerprint density at radius 3 is 2.92 bits per heavy atom. The first kappa shape index (κ1) is 17.0. The molecule has 0 saturated carbocycles. The van der Waals surface area contributed by atoms with Crippen LogP contribution in [-0.2, 0) is 4.79 Å². The molecule has 2 heterocycles. The molecule has 1 aliphatic heterocycles. The van der Waals surface area contributed by atoms with Gasteiger partial charge >= 0.3 is 0 Å². The maximum atomic E-state index is 13.8. The Labute approximate surface area is 144 Å². The molecule has 7 heteroatoms. The number of H-pyrrole nitrogens is 1. The Hall–Kier alpha value is -2.88. The predicted octanol–water partition coefficient (Wildman–Crippen LogP) is 2.14. The average Bonchev–Trinajstić information content (AvgIpc) is 3.18. The van der Waals surface area contributed by atoms with Gasteiger partial charge in [0.1, 0.15) is 17.6 Å². The van der Waals surface area contributed by atoms with Crippen molar-refractivity contribution < 1.29 is 14.0 Å². The number of nitrogens with zero attached hydrogens (tertiary/aromatic N) is 3. The van der Waals surface area contributed by atoms with Crippen LogP contribution in [-0.4, -0.2) is 52.8 Å². The van der Waals surface area contributed by atoms with Crippen LogP contribution in [0.15, 0.2) is 24.3 Å². The first-order chi connectivity index (χ1) is 11.9. The van der Waals surface area contributed by atoms with E-state index >= 15 is 0 Å². The second-order valence-electron chi connectivity index (χ2n) is 6.58. The topological polar surface area (TPSA) is 80.2 Å². The third-order valence-electron chi connectivity index (χ3n) is 4.54. The van der Waals surface area contributed by atoms with Crippen molar-refractivity contribution in [2.45, 2.75) is 19.4 Å². The number of nitriles is 1. The van der Waals surface area contributed by atoms with Crippen LogP contribution >= 0.6 is 0 Å². The summed E-state index contributed by atoms with van der Waals surface area (Å²) in [6.07, 6.45) is 0.654. The molecule has 25 heavy (non-hydrogen) atoms. The Kier molecular flexibility index (Phi) is 4.45. The van der Waals surface area contributed by atoms with E-state index < -0.39 is 17.8 Å². The van der Waals surface area contributed by atoms with Crippen molar-refractivity contribution in [2.24, 2.45) is 5.92 Å². The number of hydrogen-bond donors (Lipinski definition) is 1. The fraction of sp³-hybridized carbons (Fsp3) is 0.389. The molecule has 2 unspecified atom stereocenters. The summed E-state index contributed by atoms with van der Waals surface area (Å²) in [4.78, 5) is 30.7. The fourth-order valence-corrected chi connectivity index (χ4v) is 3.25. The molecule has 1 fully saturated rings. The summed E-state index contributed by atoms with van der Waals surface area (Å²) in [7, 11) is 1.52. The maximum Gasteiger partial charge on any atom is 0.270 e. The molecule has 0 aliphatic carbocycles. The Morgan fingerprint density at radius 1 is 1.48 bits per heavy atom. The number of halogens is 1. The molecule has 130 valence electrons. The molecular formula is C18H19FN4O2. The molecule has 1 N–H and O–H groups in total. The molecule has 0 bridgehead atoms. The third kappa shape index (κ3) is 3.20. The molecule has 0 radical (unpaired) electrons. The summed E-state index contributed by atoms with van der Waals surface area (Å²) in [5.41, 5.74) is 0.753. The highest BCUT2D eigenvalue weighted by Gasteiger charge is 2.33. The van der Waals surface area contributed by atoms with Gasteiger partial charge in [-0.1, -0.05) is 13.0 Å². The van der Waals surface area contributed by atoms with E-state index in [1.54, 1.807) is 12.1 Å². The van der Waals surface area contributed by atoms with Gasteiger partial charge in [-0.2, -0.15) is 5.26 Å². The molecule has 2 aromatic rings. The van der Waals surface area contributed by atoms with E-state index in [0.29, 0.717) is 23.9 Å². The van der Waals surface area contributed by atoms with Crippen LogP contribution < -0.4 is 0 Å². The summed E-state index contributed by atoms with van der Waals surface area (Å²) < 4.78 is 13.8. The fourth-order valence-electron chi connectivity index (χ4n) is 3.25. The third-order valence-corrected chi connectivity index (χ3v) is 4.54.